The first-order chi connectivity index (χ1) is 11.1. The van der Waals surface area contributed by atoms with Crippen molar-refractivity contribution < 1.29 is 9.53 Å². The van der Waals surface area contributed by atoms with Gasteiger partial charge in [0.2, 0.25) is 0 Å². The molecule has 0 bridgehead atoms. The highest BCUT2D eigenvalue weighted by Gasteiger charge is 2.17. The molecule has 0 aromatic heterocycles. The van der Waals surface area contributed by atoms with Crippen LogP contribution in [0.25, 0.3) is 0 Å². The van der Waals surface area contributed by atoms with Crippen LogP contribution in [0, 0.1) is 11.8 Å². The Hall–Kier alpha value is -0.570. The summed E-state index contributed by atoms with van der Waals surface area (Å²) in [6.07, 6.45) is 10.8. The van der Waals surface area contributed by atoms with Crippen LogP contribution in [-0.4, -0.2) is 37.6 Å². The lowest BCUT2D eigenvalue weighted by atomic mass is 9.95. The number of methoxy groups -OCH3 is 1. The van der Waals surface area contributed by atoms with Gasteiger partial charge in [0.05, 0.1) is 13.5 Å². The fraction of sp³-hybridized carbons (Fsp3) is 0.950. The van der Waals surface area contributed by atoms with Crippen molar-refractivity contribution in [1.82, 2.24) is 4.90 Å². The van der Waals surface area contributed by atoms with Crippen LogP contribution in [0.3, 0.4) is 0 Å². The van der Waals surface area contributed by atoms with Crippen molar-refractivity contribution in [2.45, 2.75) is 85.5 Å². The summed E-state index contributed by atoms with van der Waals surface area (Å²) in [5.74, 6) is 1.44. The molecule has 0 spiro atoms. The largest absolute Gasteiger partial charge is 0.469 e. The maximum absolute atomic E-state index is 11.5. The minimum Gasteiger partial charge on any atom is -0.469 e. The van der Waals surface area contributed by atoms with E-state index in [1.807, 2.05) is 0 Å². The molecule has 0 saturated heterocycles. The van der Waals surface area contributed by atoms with Gasteiger partial charge in [0, 0.05) is 19.6 Å². The Balaban J connectivity index is 4.59. The van der Waals surface area contributed by atoms with Gasteiger partial charge in [-0.1, -0.05) is 66.2 Å². The zero-order chi connectivity index (χ0) is 17.5. The summed E-state index contributed by atoms with van der Waals surface area (Å²) in [6, 6.07) is 0. The van der Waals surface area contributed by atoms with Crippen LogP contribution in [0.1, 0.15) is 85.5 Å². The Morgan fingerprint density at radius 1 is 0.913 bits per heavy atom. The zero-order valence-electron chi connectivity index (χ0n) is 16.4. The standard InChI is InChI=1S/C20H41NO2/c1-6-10-12-18(8-3)16-21(15-14-20(22)23-5)17-19(9-4)13-11-7-2/h18-19H,6-17H2,1-5H3. The number of unbranched alkanes of at least 4 members (excludes halogenated alkanes) is 2. The molecule has 0 aliphatic carbocycles. The van der Waals surface area contributed by atoms with Crippen molar-refractivity contribution in [1.29, 1.82) is 0 Å². The van der Waals surface area contributed by atoms with Gasteiger partial charge in [0.1, 0.15) is 0 Å². The van der Waals surface area contributed by atoms with Gasteiger partial charge in [-0.25, -0.2) is 0 Å². The van der Waals surface area contributed by atoms with E-state index in [1.54, 1.807) is 0 Å². The molecule has 0 aliphatic rings. The second kappa shape index (κ2) is 15.0. The summed E-state index contributed by atoms with van der Waals surface area (Å²) >= 11 is 0. The molecule has 3 heteroatoms. The van der Waals surface area contributed by atoms with Gasteiger partial charge < -0.3 is 9.64 Å². The molecule has 0 saturated carbocycles. The number of esters is 1. The molecule has 0 amide bonds. The smallest absolute Gasteiger partial charge is 0.306 e. The molecule has 138 valence electrons. The molecule has 0 fully saturated rings. The van der Waals surface area contributed by atoms with E-state index < -0.39 is 0 Å². The summed E-state index contributed by atoms with van der Waals surface area (Å²) in [5.41, 5.74) is 0. The van der Waals surface area contributed by atoms with Gasteiger partial charge in [-0.15, -0.1) is 0 Å². The summed E-state index contributed by atoms with van der Waals surface area (Å²) < 4.78 is 4.83. The van der Waals surface area contributed by atoms with Crippen LogP contribution < -0.4 is 0 Å². The van der Waals surface area contributed by atoms with Crippen molar-refractivity contribution in [3.63, 3.8) is 0 Å². The number of nitrogens with zero attached hydrogens (tertiary/aromatic N) is 1. The van der Waals surface area contributed by atoms with E-state index in [4.69, 9.17) is 4.74 Å². The minimum absolute atomic E-state index is 0.0850. The van der Waals surface area contributed by atoms with Crippen LogP contribution in [0.2, 0.25) is 0 Å². The molecule has 3 nitrogen and oxygen atoms in total. The number of rotatable bonds is 15. The quantitative estimate of drug-likeness (QED) is 0.383. The Morgan fingerprint density at radius 2 is 1.39 bits per heavy atom. The lowest BCUT2D eigenvalue weighted by molar-refractivity contribution is -0.141. The van der Waals surface area contributed by atoms with Gasteiger partial charge in [-0.05, 0) is 24.7 Å². The van der Waals surface area contributed by atoms with Crippen molar-refractivity contribution in [3.05, 3.63) is 0 Å². The normalized spacial score (nSPS) is 14.0. The van der Waals surface area contributed by atoms with E-state index in [1.165, 1.54) is 58.5 Å². The van der Waals surface area contributed by atoms with Crippen LogP contribution in [0.15, 0.2) is 0 Å². The Kier molecular flexibility index (Phi) is 14.6. The van der Waals surface area contributed by atoms with E-state index in [0.29, 0.717) is 6.42 Å². The molecule has 2 atom stereocenters. The molecule has 0 radical (unpaired) electrons. The monoisotopic (exact) mass is 327 g/mol. The first kappa shape index (κ1) is 22.4. The molecule has 0 heterocycles. The van der Waals surface area contributed by atoms with E-state index in [-0.39, 0.29) is 5.97 Å². The van der Waals surface area contributed by atoms with Crippen LogP contribution in [-0.2, 0) is 9.53 Å². The third-order valence-corrected chi connectivity index (χ3v) is 4.98. The number of hydrogen-bond acceptors (Lipinski definition) is 3. The van der Waals surface area contributed by atoms with Crippen LogP contribution in [0.4, 0.5) is 0 Å². The van der Waals surface area contributed by atoms with Crippen LogP contribution >= 0.6 is 0 Å². The molecule has 0 rings (SSSR count). The molecule has 0 aromatic carbocycles. The SMILES string of the molecule is CCCCC(CC)CN(CCC(=O)OC)CC(CC)CCCC. The van der Waals surface area contributed by atoms with Gasteiger partial charge in [0.15, 0.2) is 0 Å². The molecule has 2 unspecified atom stereocenters. The third kappa shape index (κ3) is 11.6. The van der Waals surface area contributed by atoms with E-state index in [2.05, 4.69) is 32.6 Å². The van der Waals surface area contributed by atoms with Gasteiger partial charge in [0.25, 0.3) is 0 Å². The summed E-state index contributed by atoms with van der Waals surface area (Å²) in [7, 11) is 1.48. The lowest BCUT2D eigenvalue weighted by Gasteiger charge is -2.30. The highest BCUT2D eigenvalue weighted by atomic mass is 16.5. The molecule has 0 aromatic rings. The first-order valence-electron chi connectivity index (χ1n) is 9.90. The number of carbonyl (C=O) groups is 1. The van der Waals surface area contributed by atoms with Crippen LogP contribution in [0.5, 0.6) is 0 Å². The molecule has 0 N–H and O–H groups in total. The highest BCUT2D eigenvalue weighted by molar-refractivity contribution is 5.69. The van der Waals surface area contributed by atoms with E-state index in [9.17, 15) is 4.79 Å². The molecule has 0 aliphatic heterocycles. The van der Waals surface area contributed by atoms with Gasteiger partial charge in [-0.2, -0.15) is 0 Å². The van der Waals surface area contributed by atoms with Crippen molar-refractivity contribution >= 4 is 5.97 Å². The van der Waals surface area contributed by atoms with Gasteiger partial charge in [-0.3, -0.25) is 4.79 Å². The fourth-order valence-corrected chi connectivity index (χ4v) is 3.17. The predicted octanol–water partition coefficient (Wildman–Crippen LogP) is 5.28. The maximum Gasteiger partial charge on any atom is 0.306 e. The first-order valence-corrected chi connectivity index (χ1v) is 9.90. The lowest BCUT2D eigenvalue weighted by Crippen LogP contribution is -2.35. The number of ether oxygens (including phenoxy) is 1. The third-order valence-electron chi connectivity index (χ3n) is 4.98. The molecular weight excluding hydrogens is 286 g/mol. The van der Waals surface area contributed by atoms with E-state index in [0.717, 1.165) is 31.5 Å². The topological polar surface area (TPSA) is 29.5 Å². The number of hydrogen-bond donors (Lipinski definition) is 0. The summed E-state index contributed by atoms with van der Waals surface area (Å²) in [5, 5.41) is 0. The van der Waals surface area contributed by atoms with E-state index >= 15 is 0 Å². The second-order valence-electron chi connectivity index (χ2n) is 6.92. The Bertz CT molecular complexity index is 263. The average molecular weight is 328 g/mol. The Morgan fingerprint density at radius 3 is 1.74 bits per heavy atom. The predicted molar refractivity (Wildman–Crippen MR) is 99.7 cm³/mol. The summed E-state index contributed by atoms with van der Waals surface area (Å²) in [6.45, 7) is 12.2. The number of carbonyl (C=O) groups excluding carboxylic acids is 1. The molecular formula is C20H41NO2. The maximum atomic E-state index is 11.5. The van der Waals surface area contributed by atoms with Crippen molar-refractivity contribution in [2.24, 2.45) is 11.8 Å². The highest BCUT2D eigenvalue weighted by Crippen LogP contribution is 2.19. The fourth-order valence-electron chi connectivity index (χ4n) is 3.17. The van der Waals surface area contributed by atoms with Gasteiger partial charge >= 0.3 is 5.97 Å². The Labute approximate surface area is 145 Å². The zero-order valence-corrected chi connectivity index (χ0v) is 16.4. The van der Waals surface area contributed by atoms with Crippen molar-refractivity contribution in [2.75, 3.05) is 26.7 Å². The summed E-state index contributed by atoms with van der Waals surface area (Å²) in [4.78, 5) is 14.1. The van der Waals surface area contributed by atoms with Crippen molar-refractivity contribution in [3.8, 4) is 0 Å². The molecule has 23 heavy (non-hydrogen) atoms. The minimum atomic E-state index is -0.0850. The average Bonchev–Trinajstić information content (AvgIpc) is 2.58. The second-order valence-corrected chi connectivity index (χ2v) is 6.92.